The van der Waals surface area contributed by atoms with Gasteiger partial charge in [0.2, 0.25) is 11.8 Å². The number of H-pyrrole nitrogens is 1. The van der Waals surface area contributed by atoms with Gasteiger partial charge in [0.15, 0.2) is 5.16 Å². The zero-order chi connectivity index (χ0) is 20.9. The van der Waals surface area contributed by atoms with E-state index < -0.39 is 0 Å². The number of methoxy groups -OCH3 is 1. The Hall–Kier alpha value is -3.33. The number of aryl methyl sites for hydroxylation is 1. The van der Waals surface area contributed by atoms with Crippen molar-refractivity contribution in [1.82, 2.24) is 25.0 Å². The first-order chi connectivity index (χ1) is 14.6. The van der Waals surface area contributed by atoms with Gasteiger partial charge in [-0.05, 0) is 43.2 Å². The van der Waals surface area contributed by atoms with Gasteiger partial charge in [-0.2, -0.15) is 0 Å². The van der Waals surface area contributed by atoms with E-state index in [1.54, 1.807) is 11.7 Å². The Balaban J connectivity index is 1.46. The van der Waals surface area contributed by atoms with Crippen LogP contribution in [0, 0.1) is 0 Å². The van der Waals surface area contributed by atoms with Crippen molar-refractivity contribution < 1.29 is 9.15 Å². The van der Waals surface area contributed by atoms with Crippen molar-refractivity contribution in [3.05, 3.63) is 76.5 Å². The molecule has 1 atom stereocenters. The number of ether oxygens (including phenoxy) is 1. The summed E-state index contributed by atoms with van der Waals surface area (Å²) in [5, 5.41) is 15.4. The molecule has 2 aromatic carbocycles. The van der Waals surface area contributed by atoms with Gasteiger partial charge in [0.05, 0.1) is 12.4 Å². The third-order valence-corrected chi connectivity index (χ3v) is 5.68. The van der Waals surface area contributed by atoms with Gasteiger partial charge in [0.25, 0.3) is 0 Å². The molecule has 0 saturated carbocycles. The molecular weight excluding hydrogens is 402 g/mol. The van der Waals surface area contributed by atoms with Crippen LogP contribution in [-0.4, -0.2) is 32.1 Å². The van der Waals surface area contributed by atoms with Crippen molar-refractivity contribution in [2.24, 2.45) is 0 Å². The van der Waals surface area contributed by atoms with Crippen LogP contribution in [0.15, 0.2) is 69.0 Å². The second-order valence-corrected chi connectivity index (χ2v) is 7.94. The number of benzene rings is 2. The van der Waals surface area contributed by atoms with Gasteiger partial charge in [-0.15, -0.1) is 15.3 Å². The second kappa shape index (κ2) is 9.00. The van der Waals surface area contributed by atoms with E-state index in [0.29, 0.717) is 23.5 Å². The van der Waals surface area contributed by atoms with E-state index in [4.69, 9.17) is 9.15 Å². The van der Waals surface area contributed by atoms with Gasteiger partial charge >= 0.3 is 5.69 Å². The maximum Gasteiger partial charge on any atom is 0.343 e. The summed E-state index contributed by atoms with van der Waals surface area (Å²) in [4.78, 5) is 12.2. The number of rotatable bonds is 8. The number of thioether (sulfide) groups is 1. The first-order valence-electron chi connectivity index (χ1n) is 9.47. The Labute approximate surface area is 177 Å². The molecule has 1 N–H and O–H groups in total. The molecule has 2 heterocycles. The van der Waals surface area contributed by atoms with Crippen molar-refractivity contribution in [2.45, 2.75) is 30.3 Å². The van der Waals surface area contributed by atoms with Crippen LogP contribution >= 0.6 is 11.8 Å². The summed E-state index contributed by atoms with van der Waals surface area (Å²) in [5.74, 6) is 1.66. The molecule has 154 valence electrons. The normalized spacial score (nSPS) is 12.1. The highest BCUT2D eigenvalue weighted by atomic mass is 32.2. The smallest absolute Gasteiger partial charge is 0.343 e. The Kier molecular flexibility index (Phi) is 5.99. The average Bonchev–Trinajstić information content (AvgIpc) is 3.41. The summed E-state index contributed by atoms with van der Waals surface area (Å²) in [5.41, 5.74) is 1.74. The van der Waals surface area contributed by atoms with Crippen LogP contribution in [0.2, 0.25) is 0 Å². The summed E-state index contributed by atoms with van der Waals surface area (Å²) in [6.45, 7) is 2.48. The summed E-state index contributed by atoms with van der Waals surface area (Å²) in [6, 6.07) is 17.4. The molecule has 0 amide bonds. The molecule has 0 saturated heterocycles. The molecule has 0 unspecified atom stereocenters. The summed E-state index contributed by atoms with van der Waals surface area (Å²) < 4.78 is 12.6. The topological polar surface area (TPSA) is 98.8 Å². The zero-order valence-electron chi connectivity index (χ0n) is 16.6. The molecule has 9 heteroatoms. The Bertz CT molecular complexity index is 1150. The van der Waals surface area contributed by atoms with Crippen LogP contribution in [0.1, 0.15) is 23.6 Å². The minimum atomic E-state index is -0.231. The first-order valence-corrected chi connectivity index (χ1v) is 10.4. The largest absolute Gasteiger partial charge is 0.497 e. The van der Waals surface area contributed by atoms with E-state index in [1.807, 2.05) is 61.5 Å². The monoisotopic (exact) mass is 423 g/mol. The van der Waals surface area contributed by atoms with Gasteiger partial charge in [-0.1, -0.05) is 42.1 Å². The quantitative estimate of drug-likeness (QED) is 0.431. The molecule has 0 aliphatic rings. The van der Waals surface area contributed by atoms with E-state index in [0.717, 1.165) is 23.3 Å². The molecule has 8 nitrogen and oxygen atoms in total. The number of hydrogen-bond acceptors (Lipinski definition) is 7. The molecule has 4 rings (SSSR count). The van der Waals surface area contributed by atoms with E-state index in [9.17, 15) is 4.79 Å². The number of hydrogen-bond donors (Lipinski definition) is 1. The van der Waals surface area contributed by atoms with E-state index in [2.05, 4.69) is 20.4 Å². The summed E-state index contributed by atoms with van der Waals surface area (Å²) >= 11 is 1.40. The molecule has 30 heavy (non-hydrogen) atoms. The fourth-order valence-corrected chi connectivity index (χ4v) is 3.85. The van der Waals surface area contributed by atoms with Crippen LogP contribution in [0.4, 0.5) is 0 Å². The maximum atomic E-state index is 12.2. The molecule has 2 aromatic heterocycles. The zero-order valence-corrected chi connectivity index (χ0v) is 17.4. The SMILES string of the molecule is COc1ccc(-c2nnc([C@@H](C)Sc3n[nH]c(=O)n3CCc3ccccc3)o2)cc1. The van der Waals surface area contributed by atoms with Crippen LogP contribution < -0.4 is 10.4 Å². The molecule has 0 spiro atoms. The van der Waals surface area contributed by atoms with Crippen LogP contribution in [-0.2, 0) is 13.0 Å². The molecule has 4 aromatic rings. The molecular formula is C21H21N5O3S. The van der Waals surface area contributed by atoms with Crippen molar-refractivity contribution in [3.8, 4) is 17.2 Å². The predicted molar refractivity (Wildman–Crippen MR) is 114 cm³/mol. The lowest BCUT2D eigenvalue weighted by atomic mass is 10.1. The number of nitrogens with one attached hydrogen (secondary N) is 1. The summed E-state index contributed by atoms with van der Waals surface area (Å²) in [7, 11) is 1.62. The number of aromatic amines is 1. The minimum Gasteiger partial charge on any atom is -0.497 e. The van der Waals surface area contributed by atoms with Crippen molar-refractivity contribution in [1.29, 1.82) is 0 Å². The van der Waals surface area contributed by atoms with Crippen molar-refractivity contribution in [3.63, 3.8) is 0 Å². The van der Waals surface area contributed by atoms with Gasteiger partial charge in [0.1, 0.15) is 5.75 Å². The van der Waals surface area contributed by atoms with Crippen molar-refractivity contribution in [2.75, 3.05) is 7.11 Å². The lowest BCUT2D eigenvalue weighted by molar-refractivity contribution is 0.415. The van der Waals surface area contributed by atoms with E-state index >= 15 is 0 Å². The van der Waals surface area contributed by atoms with E-state index in [-0.39, 0.29) is 10.9 Å². The fraction of sp³-hybridized carbons (Fsp3) is 0.238. The van der Waals surface area contributed by atoms with Crippen molar-refractivity contribution >= 4 is 11.8 Å². The standard InChI is InChI=1S/C21H21N5O3S/c1-14(18-22-23-19(29-18)16-8-10-17(28-2)11-9-16)30-21-25-24-20(27)26(21)13-12-15-6-4-3-5-7-15/h3-11,14H,12-13H2,1-2H3,(H,24,27)/t14-/m1/s1. The number of nitrogens with zero attached hydrogens (tertiary/aromatic N) is 4. The second-order valence-electron chi connectivity index (χ2n) is 6.63. The Morgan fingerprint density at radius 3 is 2.63 bits per heavy atom. The molecule has 0 radical (unpaired) electrons. The number of aromatic nitrogens is 5. The maximum absolute atomic E-state index is 12.2. The molecule has 0 aliphatic carbocycles. The van der Waals surface area contributed by atoms with Crippen LogP contribution in [0.3, 0.4) is 0 Å². The minimum absolute atomic E-state index is 0.171. The molecule has 0 bridgehead atoms. The van der Waals surface area contributed by atoms with Gasteiger partial charge < -0.3 is 9.15 Å². The third-order valence-electron chi connectivity index (χ3n) is 4.60. The fourth-order valence-electron chi connectivity index (χ4n) is 2.93. The van der Waals surface area contributed by atoms with Crippen LogP contribution in [0.5, 0.6) is 5.75 Å². The lowest BCUT2D eigenvalue weighted by Crippen LogP contribution is -2.19. The van der Waals surface area contributed by atoms with Gasteiger partial charge in [-0.25, -0.2) is 9.89 Å². The molecule has 0 fully saturated rings. The van der Waals surface area contributed by atoms with Crippen LogP contribution in [0.25, 0.3) is 11.5 Å². The highest BCUT2D eigenvalue weighted by Crippen LogP contribution is 2.33. The van der Waals surface area contributed by atoms with E-state index in [1.165, 1.54) is 11.8 Å². The Morgan fingerprint density at radius 2 is 1.90 bits per heavy atom. The van der Waals surface area contributed by atoms with Gasteiger partial charge in [-0.3, -0.25) is 4.57 Å². The predicted octanol–water partition coefficient (Wildman–Crippen LogP) is 3.73. The highest BCUT2D eigenvalue weighted by Gasteiger charge is 2.20. The summed E-state index contributed by atoms with van der Waals surface area (Å²) in [6.07, 6.45) is 0.740. The average molecular weight is 423 g/mol. The molecule has 0 aliphatic heterocycles. The highest BCUT2D eigenvalue weighted by molar-refractivity contribution is 7.99. The Morgan fingerprint density at radius 1 is 1.13 bits per heavy atom. The first kappa shape index (κ1) is 20.0. The third kappa shape index (κ3) is 4.46. The lowest BCUT2D eigenvalue weighted by Gasteiger charge is -2.08. The van der Waals surface area contributed by atoms with Gasteiger partial charge in [0, 0.05) is 12.1 Å².